The molecule has 0 spiro atoms. The zero-order chi connectivity index (χ0) is 16.2. The standard InChI is InChI=1S/C14H16N2O5S/c1-10-8-13(21-16-10)9-22(19,20)15-7-6-11-2-4-12(5-3-11)14(17)18/h2-5,8,15H,6-7,9H2,1H3,(H,17,18). The molecule has 0 aliphatic rings. The van der Waals surface area contributed by atoms with Gasteiger partial charge in [0.15, 0.2) is 5.76 Å². The van der Waals surface area contributed by atoms with Gasteiger partial charge in [0.2, 0.25) is 10.0 Å². The van der Waals surface area contributed by atoms with Gasteiger partial charge in [-0.1, -0.05) is 17.3 Å². The molecule has 2 rings (SSSR count). The van der Waals surface area contributed by atoms with E-state index in [9.17, 15) is 13.2 Å². The van der Waals surface area contributed by atoms with Gasteiger partial charge in [-0.25, -0.2) is 17.9 Å². The van der Waals surface area contributed by atoms with Gasteiger partial charge < -0.3 is 9.63 Å². The predicted octanol–water partition coefficient (Wildman–Crippen LogP) is 1.34. The Kier molecular flexibility index (Phi) is 4.94. The zero-order valence-corrected chi connectivity index (χ0v) is 12.8. The number of nitrogens with one attached hydrogen (secondary N) is 1. The van der Waals surface area contributed by atoms with Crippen LogP contribution in [-0.2, 0) is 22.2 Å². The van der Waals surface area contributed by atoms with E-state index in [1.54, 1.807) is 25.1 Å². The van der Waals surface area contributed by atoms with Crippen LogP contribution in [0.15, 0.2) is 34.9 Å². The Morgan fingerprint density at radius 3 is 2.55 bits per heavy atom. The van der Waals surface area contributed by atoms with Crippen molar-refractivity contribution in [1.29, 1.82) is 0 Å². The maximum atomic E-state index is 11.9. The second-order valence-electron chi connectivity index (χ2n) is 4.84. The van der Waals surface area contributed by atoms with E-state index in [-0.39, 0.29) is 23.6 Å². The summed E-state index contributed by atoms with van der Waals surface area (Å²) in [5.74, 6) is -0.961. The maximum absolute atomic E-state index is 11.9. The van der Waals surface area contributed by atoms with E-state index >= 15 is 0 Å². The van der Waals surface area contributed by atoms with Gasteiger partial charge in [0.05, 0.1) is 11.3 Å². The summed E-state index contributed by atoms with van der Waals surface area (Å²) in [5.41, 5.74) is 1.68. The molecule has 0 fully saturated rings. The number of hydrogen-bond donors (Lipinski definition) is 2. The molecule has 0 radical (unpaired) electrons. The summed E-state index contributed by atoms with van der Waals surface area (Å²) in [5, 5.41) is 12.4. The number of carboxylic acid groups (broad SMARTS) is 1. The normalized spacial score (nSPS) is 11.5. The molecule has 0 unspecified atom stereocenters. The third kappa shape index (κ3) is 4.68. The third-order valence-electron chi connectivity index (χ3n) is 2.95. The van der Waals surface area contributed by atoms with Gasteiger partial charge >= 0.3 is 5.97 Å². The quantitative estimate of drug-likeness (QED) is 0.795. The van der Waals surface area contributed by atoms with Crippen molar-refractivity contribution in [2.24, 2.45) is 0 Å². The van der Waals surface area contributed by atoms with E-state index in [0.717, 1.165) is 5.56 Å². The number of carbonyl (C=O) groups is 1. The molecule has 0 saturated heterocycles. The zero-order valence-electron chi connectivity index (χ0n) is 11.9. The second-order valence-corrected chi connectivity index (χ2v) is 6.65. The van der Waals surface area contributed by atoms with Gasteiger partial charge in [-0.3, -0.25) is 0 Å². The average Bonchev–Trinajstić information content (AvgIpc) is 2.83. The molecule has 0 amide bonds. The first-order valence-corrected chi connectivity index (χ1v) is 8.23. The number of aromatic nitrogens is 1. The molecule has 2 N–H and O–H groups in total. The Balaban J connectivity index is 1.85. The molecule has 22 heavy (non-hydrogen) atoms. The molecule has 1 heterocycles. The second kappa shape index (κ2) is 6.71. The number of benzene rings is 1. The molecular formula is C14H16N2O5S. The van der Waals surface area contributed by atoms with Crippen LogP contribution in [0.4, 0.5) is 0 Å². The van der Waals surface area contributed by atoms with Crippen LogP contribution in [0.25, 0.3) is 0 Å². The first kappa shape index (κ1) is 16.2. The van der Waals surface area contributed by atoms with E-state index in [1.807, 2.05) is 0 Å². The minimum Gasteiger partial charge on any atom is -0.478 e. The fraction of sp³-hybridized carbons (Fsp3) is 0.286. The lowest BCUT2D eigenvalue weighted by Crippen LogP contribution is -2.27. The highest BCUT2D eigenvalue weighted by Crippen LogP contribution is 2.08. The summed E-state index contributed by atoms with van der Waals surface area (Å²) in [4.78, 5) is 10.7. The van der Waals surface area contributed by atoms with E-state index in [4.69, 9.17) is 9.63 Å². The van der Waals surface area contributed by atoms with E-state index in [2.05, 4.69) is 9.88 Å². The molecule has 8 heteroatoms. The van der Waals surface area contributed by atoms with Crippen molar-refractivity contribution in [3.63, 3.8) is 0 Å². The molecule has 0 saturated carbocycles. The smallest absolute Gasteiger partial charge is 0.335 e. The number of aromatic carboxylic acids is 1. The van der Waals surface area contributed by atoms with Crippen LogP contribution in [0.3, 0.4) is 0 Å². The van der Waals surface area contributed by atoms with Crippen molar-refractivity contribution >= 4 is 16.0 Å². The Bertz CT molecular complexity index is 750. The van der Waals surface area contributed by atoms with Gasteiger partial charge in [-0.15, -0.1) is 0 Å². The van der Waals surface area contributed by atoms with Gasteiger partial charge in [-0.2, -0.15) is 0 Å². The predicted molar refractivity (Wildman–Crippen MR) is 79.0 cm³/mol. The van der Waals surface area contributed by atoms with Crippen LogP contribution in [0.1, 0.15) is 27.4 Å². The lowest BCUT2D eigenvalue weighted by molar-refractivity contribution is 0.0697. The molecule has 0 bridgehead atoms. The summed E-state index contributed by atoms with van der Waals surface area (Å²) >= 11 is 0. The minimum atomic E-state index is -3.49. The molecule has 118 valence electrons. The number of rotatable bonds is 7. The van der Waals surface area contributed by atoms with E-state index < -0.39 is 16.0 Å². The topological polar surface area (TPSA) is 110 Å². The molecule has 2 aromatic rings. The van der Waals surface area contributed by atoms with Crippen LogP contribution in [0.5, 0.6) is 0 Å². The average molecular weight is 324 g/mol. The van der Waals surface area contributed by atoms with Crippen LogP contribution >= 0.6 is 0 Å². The SMILES string of the molecule is Cc1cc(CS(=O)(=O)NCCc2ccc(C(=O)O)cc2)on1. The van der Waals surface area contributed by atoms with E-state index in [1.165, 1.54) is 12.1 Å². The molecule has 0 aliphatic carbocycles. The van der Waals surface area contributed by atoms with Gasteiger partial charge in [0.25, 0.3) is 0 Å². The number of sulfonamides is 1. The minimum absolute atomic E-state index is 0.199. The molecule has 1 aromatic carbocycles. The van der Waals surface area contributed by atoms with Crippen molar-refractivity contribution in [3.05, 3.63) is 52.9 Å². The largest absolute Gasteiger partial charge is 0.478 e. The van der Waals surface area contributed by atoms with Crippen LogP contribution in [0.2, 0.25) is 0 Å². The first-order valence-electron chi connectivity index (χ1n) is 6.57. The van der Waals surface area contributed by atoms with Crippen LogP contribution < -0.4 is 4.72 Å². The van der Waals surface area contributed by atoms with Crippen LogP contribution in [0, 0.1) is 6.92 Å². The number of aryl methyl sites for hydroxylation is 1. The number of carboxylic acids is 1. The van der Waals surface area contributed by atoms with Crippen LogP contribution in [-0.4, -0.2) is 31.2 Å². The lowest BCUT2D eigenvalue weighted by Gasteiger charge is -2.05. The summed E-state index contributed by atoms with van der Waals surface area (Å²) < 4.78 is 31.1. The molecule has 7 nitrogen and oxygen atoms in total. The van der Waals surface area contributed by atoms with Gasteiger partial charge in [0.1, 0.15) is 5.75 Å². The highest BCUT2D eigenvalue weighted by Gasteiger charge is 2.14. The first-order chi connectivity index (χ1) is 10.4. The van der Waals surface area contributed by atoms with Crippen molar-refractivity contribution in [1.82, 2.24) is 9.88 Å². The molecule has 1 aromatic heterocycles. The van der Waals surface area contributed by atoms with Crippen molar-refractivity contribution in [2.75, 3.05) is 6.54 Å². The molecular weight excluding hydrogens is 308 g/mol. The van der Waals surface area contributed by atoms with Crippen molar-refractivity contribution in [2.45, 2.75) is 19.1 Å². The highest BCUT2D eigenvalue weighted by molar-refractivity contribution is 7.88. The monoisotopic (exact) mass is 324 g/mol. The summed E-state index contributed by atoms with van der Waals surface area (Å²) in [6.45, 7) is 1.94. The summed E-state index contributed by atoms with van der Waals surface area (Å²) in [7, 11) is -3.49. The highest BCUT2D eigenvalue weighted by atomic mass is 32.2. The van der Waals surface area contributed by atoms with Gasteiger partial charge in [0, 0.05) is 12.6 Å². The fourth-order valence-electron chi connectivity index (χ4n) is 1.89. The van der Waals surface area contributed by atoms with E-state index in [0.29, 0.717) is 12.1 Å². The Labute approximate surface area is 128 Å². The molecule has 0 atom stereocenters. The van der Waals surface area contributed by atoms with Crippen molar-refractivity contribution in [3.8, 4) is 0 Å². The number of nitrogens with zero attached hydrogens (tertiary/aromatic N) is 1. The summed E-state index contributed by atoms with van der Waals surface area (Å²) in [6.07, 6.45) is 0.467. The van der Waals surface area contributed by atoms with Crippen molar-refractivity contribution < 1.29 is 22.8 Å². The van der Waals surface area contributed by atoms with Gasteiger partial charge in [-0.05, 0) is 31.0 Å². The third-order valence-corrected chi connectivity index (χ3v) is 4.25. The lowest BCUT2D eigenvalue weighted by atomic mass is 10.1. The molecule has 0 aliphatic heterocycles. The Morgan fingerprint density at radius 2 is 2.00 bits per heavy atom. The Morgan fingerprint density at radius 1 is 1.32 bits per heavy atom. The number of hydrogen-bond acceptors (Lipinski definition) is 5. The maximum Gasteiger partial charge on any atom is 0.335 e. The Hall–Kier alpha value is -2.19. The summed E-state index contributed by atoms with van der Waals surface area (Å²) in [6, 6.07) is 7.88. The fourth-order valence-corrected chi connectivity index (χ4v) is 2.91.